The van der Waals surface area contributed by atoms with Crippen molar-refractivity contribution in [2.24, 2.45) is 0 Å². The minimum Gasteiger partial charge on any atom is -0.309 e. The van der Waals surface area contributed by atoms with Crippen molar-refractivity contribution >= 4 is 13.4 Å². The molecule has 4 nitrogen and oxygen atoms in total. The van der Waals surface area contributed by atoms with Crippen LogP contribution in [-0.4, -0.2) is 25.2 Å². The van der Waals surface area contributed by atoms with Gasteiger partial charge in [0.15, 0.2) is 5.78 Å². The van der Waals surface area contributed by atoms with Crippen LogP contribution in [0.3, 0.4) is 0 Å². The standard InChI is InChI=1S/C13H23O4P/c1-3-16-18(15,17-4-2)11-13(14)10-12-8-6-5-7-9-12/h10H,3-9,11H2,1-2H3. The summed E-state index contributed by atoms with van der Waals surface area (Å²) in [5.41, 5.74) is 1.17. The topological polar surface area (TPSA) is 52.6 Å². The molecule has 0 radical (unpaired) electrons. The zero-order valence-electron chi connectivity index (χ0n) is 11.3. The molecule has 0 saturated heterocycles. The number of ketones is 1. The Labute approximate surface area is 109 Å². The fraction of sp³-hybridized carbons (Fsp3) is 0.769. The van der Waals surface area contributed by atoms with Crippen molar-refractivity contribution in [1.82, 2.24) is 0 Å². The summed E-state index contributed by atoms with van der Waals surface area (Å²) in [4.78, 5) is 11.9. The highest BCUT2D eigenvalue weighted by atomic mass is 31.2. The zero-order valence-corrected chi connectivity index (χ0v) is 12.2. The van der Waals surface area contributed by atoms with Crippen LogP contribution in [0.4, 0.5) is 0 Å². The van der Waals surface area contributed by atoms with Gasteiger partial charge in [-0.25, -0.2) is 0 Å². The van der Waals surface area contributed by atoms with Crippen molar-refractivity contribution in [2.75, 3.05) is 19.4 Å². The molecule has 1 fully saturated rings. The summed E-state index contributed by atoms with van der Waals surface area (Å²) in [6, 6.07) is 0. The fourth-order valence-electron chi connectivity index (χ4n) is 2.14. The normalized spacial score (nSPS) is 16.7. The largest absolute Gasteiger partial charge is 0.338 e. The quantitative estimate of drug-likeness (QED) is 0.524. The van der Waals surface area contributed by atoms with Crippen LogP contribution in [0.5, 0.6) is 0 Å². The molecule has 0 N–H and O–H groups in total. The third-order valence-electron chi connectivity index (χ3n) is 2.86. The molecule has 0 aromatic rings. The van der Waals surface area contributed by atoms with Gasteiger partial charge in [-0.3, -0.25) is 9.36 Å². The van der Waals surface area contributed by atoms with E-state index in [4.69, 9.17) is 9.05 Å². The molecule has 104 valence electrons. The third kappa shape index (κ3) is 5.47. The van der Waals surface area contributed by atoms with Crippen LogP contribution in [0.2, 0.25) is 0 Å². The molecule has 18 heavy (non-hydrogen) atoms. The van der Waals surface area contributed by atoms with Gasteiger partial charge >= 0.3 is 7.60 Å². The summed E-state index contributed by atoms with van der Waals surface area (Å²) in [7, 11) is -3.24. The predicted octanol–water partition coefficient (Wildman–Crippen LogP) is 3.71. The molecule has 0 aromatic carbocycles. The van der Waals surface area contributed by atoms with E-state index in [1.165, 1.54) is 12.0 Å². The Hall–Kier alpha value is -0.440. The number of hydrogen-bond donors (Lipinski definition) is 0. The highest BCUT2D eigenvalue weighted by molar-refractivity contribution is 7.54. The van der Waals surface area contributed by atoms with Gasteiger partial charge in [0.25, 0.3) is 0 Å². The molecule has 1 aliphatic rings. The lowest BCUT2D eigenvalue weighted by atomic mass is 9.94. The van der Waals surface area contributed by atoms with E-state index in [-0.39, 0.29) is 11.9 Å². The molecule has 0 atom stereocenters. The Balaban J connectivity index is 2.57. The lowest BCUT2D eigenvalue weighted by Gasteiger charge is -2.16. The molecule has 1 aliphatic carbocycles. The van der Waals surface area contributed by atoms with Gasteiger partial charge in [-0.2, -0.15) is 0 Å². The van der Waals surface area contributed by atoms with Crippen LogP contribution >= 0.6 is 7.60 Å². The maximum absolute atomic E-state index is 12.2. The van der Waals surface area contributed by atoms with Gasteiger partial charge in [0.2, 0.25) is 0 Å². The Morgan fingerprint density at radius 1 is 1.17 bits per heavy atom. The second-order valence-corrected chi connectivity index (χ2v) is 6.49. The number of carbonyl (C=O) groups is 1. The lowest BCUT2D eigenvalue weighted by molar-refractivity contribution is -0.112. The van der Waals surface area contributed by atoms with Gasteiger partial charge in [-0.05, 0) is 45.6 Å². The molecule has 0 unspecified atom stereocenters. The first-order valence-corrected chi connectivity index (χ1v) is 8.43. The molecule has 0 amide bonds. The van der Waals surface area contributed by atoms with Gasteiger partial charge in [-0.15, -0.1) is 0 Å². The molecule has 1 rings (SSSR count). The van der Waals surface area contributed by atoms with E-state index in [1.54, 1.807) is 19.9 Å². The average Bonchev–Trinajstić information content (AvgIpc) is 2.30. The monoisotopic (exact) mass is 274 g/mol. The Morgan fingerprint density at radius 3 is 2.22 bits per heavy atom. The van der Waals surface area contributed by atoms with Crippen LogP contribution in [0, 0.1) is 0 Å². The highest BCUT2D eigenvalue weighted by Crippen LogP contribution is 2.47. The minimum atomic E-state index is -3.24. The molecule has 0 aromatic heterocycles. The van der Waals surface area contributed by atoms with Crippen LogP contribution in [0.25, 0.3) is 0 Å². The van der Waals surface area contributed by atoms with E-state index in [9.17, 15) is 9.36 Å². The van der Waals surface area contributed by atoms with Gasteiger partial charge in [0, 0.05) is 0 Å². The summed E-state index contributed by atoms with van der Waals surface area (Å²) in [5.74, 6) is -0.142. The molecular formula is C13H23O4P. The Morgan fingerprint density at radius 2 is 1.72 bits per heavy atom. The van der Waals surface area contributed by atoms with Crippen molar-refractivity contribution in [3.8, 4) is 0 Å². The van der Waals surface area contributed by atoms with Crippen molar-refractivity contribution in [2.45, 2.75) is 46.0 Å². The van der Waals surface area contributed by atoms with E-state index in [1.807, 2.05) is 0 Å². The Bertz CT molecular complexity index is 331. The highest BCUT2D eigenvalue weighted by Gasteiger charge is 2.26. The van der Waals surface area contributed by atoms with Crippen molar-refractivity contribution < 1.29 is 18.4 Å². The number of rotatable bonds is 7. The molecular weight excluding hydrogens is 251 g/mol. The maximum atomic E-state index is 12.2. The van der Waals surface area contributed by atoms with Gasteiger partial charge < -0.3 is 9.05 Å². The molecule has 0 bridgehead atoms. The van der Waals surface area contributed by atoms with Crippen LogP contribution in [-0.2, 0) is 18.4 Å². The van der Waals surface area contributed by atoms with Gasteiger partial charge in [0.1, 0.15) is 6.16 Å². The predicted molar refractivity (Wildman–Crippen MR) is 71.9 cm³/mol. The van der Waals surface area contributed by atoms with Crippen LogP contribution in [0.1, 0.15) is 46.0 Å². The van der Waals surface area contributed by atoms with Crippen molar-refractivity contribution in [1.29, 1.82) is 0 Å². The minimum absolute atomic E-state index is 0.141. The Kier molecular flexibility index (Phi) is 6.83. The first-order chi connectivity index (χ1) is 8.59. The molecule has 5 heteroatoms. The van der Waals surface area contributed by atoms with E-state index in [0.717, 1.165) is 25.7 Å². The summed E-state index contributed by atoms with van der Waals surface area (Å²) in [5, 5.41) is 0. The molecule has 1 saturated carbocycles. The van der Waals surface area contributed by atoms with E-state index in [0.29, 0.717) is 13.2 Å². The van der Waals surface area contributed by atoms with Crippen LogP contribution in [0.15, 0.2) is 11.6 Å². The third-order valence-corrected chi connectivity index (χ3v) is 4.86. The van der Waals surface area contributed by atoms with Crippen LogP contribution < -0.4 is 0 Å². The summed E-state index contributed by atoms with van der Waals surface area (Å²) >= 11 is 0. The SMILES string of the molecule is CCOP(=O)(CC(=O)C=C1CCCCC1)OCC. The molecule has 0 aliphatic heterocycles. The lowest BCUT2D eigenvalue weighted by Crippen LogP contribution is -2.09. The van der Waals surface area contributed by atoms with E-state index < -0.39 is 7.60 Å². The fourth-order valence-corrected chi connectivity index (χ4v) is 3.65. The second-order valence-electron chi connectivity index (χ2n) is 4.43. The van der Waals surface area contributed by atoms with Crippen molar-refractivity contribution in [3.63, 3.8) is 0 Å². The number of allylic oxidation sites excluding steroid dienone is 2. The second kappa shape index (κ2) is 7.88. The maximum Gasteiger partial charge on any atom is 0.338 e. The summed E-state index contributed by atoms with van der Waals surface area (Å²) in [6.07, 6.45) is 7.00. The summed E-state index contributed by atoms with van der Waals surface area (Å²) in [6.45, 7) is 4.08. The first kappa shape index (κ1) is 15.6. The average molecular weight is 274 g/mol. The first-order valence-electron chi connectivity index (χ1n) is 6.70. The number of carbonyl (C=O) groups excluding carboxylic acids is 1. The molecule has 0 spiro atoms. The molecule has 0 heterocycles. The number of hydrogen-bond acceptors (Lipinski definition) is 4. The van der Waals surface area contributed by atoms with E-state index >= 15 is 0 Å². The van der Waals surface area contributed by atoms with Crippen molar-refractivity contribution in [3.05, 3.63) is 11.6 Å². The smallest absolute Gasteiger partial charge is 0.309 e. The zero-order chi connectivity index (χ0) is 13.4. The van der Waals surface area contributed by atoms with Gasteiger partial charge in [-0.1, -0.05) is 12.0 Å². The summed E-state index contributed by atoms with van der Waals surface area (Å²) < 4.78 is 22.4. The van der Waals surface area contributed by atoms with E-state index in [2.05, 4.69) is 0 Å². The van der Waals surface area contributed by atoms with Gasteiger partial charge in [0.05, 0.1) is 13.2 Å².